The first-order valence-electron chi connectivity index (χ1n) is 14.1. The molecule has 1 heterocycles. The maximum absolute atomic E-state index is 13.8. The largest absolute Gasteiger partial charge is 0.508 e. The molecule has 5 rings (SSSR count). The number of Topliss-reactive ketones (excluding diaryl/α,β-unsaturated/α-hetero) is 2. The highest BCUT2D eigenvalue weighted by molar-refractivity contribution is 6.24. The molecule has 0 spiro atoms. The third kappa shape index (κ3) is 5.24. The van der Waals surface area contributed by atoms with Crippen LogP contribution in [0, 0.1) is 18.8 Å². The predicted molar refractivity (Wildman–Crippen MR) is 157 cm³/mol. The molecule has 1 amide bonds. The van der Waals surface area contributed by atoms with Crippen molar-refractivity contribution in [2.45, 2.75) is 38.3 Å². The second-order valence-corrected chi connectivity index (χ2v) is 11.2. The van der Waals surface area contributed by atoms with E-state index in [-0.39, 0.29) is 29.7 Å². The molecule has 1 saturated carbocycles. The summed E-state index contributed by atoms with van der Waals surface area (Å²) >= 11 is 0. The lowest BCUT2D eigenvalue weighted by molar-refractivity contribution is -0.153. The van der Waals surface area contributed by atoms with Crippen molar-refractivity contribution in [2.75, 3.05) is 40.9 Å². The summed E-state index contributed by atoms with van der Waals surface area (Å²) in [5.74, 6) is -6.23. The van der Waals surface area contributed by atoms with Gasteiger partial charge in [0.25, 0.3) is 5.91 Å². The monoisotopic (exact) mass is 597 g/mol. The standard InChI is InChI=1S/C26H26N2O8.C5H13NO/c1-10-6-7-36-22(10)12-4-5-15(29)17-13(12)8-11-9-14-19(28(2)3)21(31)18(25(27)34)24(33)26(14,35)23(32)16(11)20(17)30;1-3-6-4-5-7-2/h4-7,11,14,19,29-30,33,35H,8-9H2,1-3H3,(H2,27,34);6H,3-5H2,1-2H3/t11-,14-,19-,26-;/m0./s1. The highest BCUT2D eigenvalue weighted by Gasteiger charge is 2.64. The van der Waals surface area contributed by atoms with Gasteiger partial charge in [-0.15, -0.1) is 0 Å². The Morgan fingerprint density at radius 3 is 2.47 bits per heavy atom. The van der Waals surface area contributed by atoms with Gasteiger partial charge in [-0.2, -0.15) is 0 Å². The number of aryl methyl sites for hydroxylation is 1. The van der Waals surface area contributed by atoms with E-state index in [1.54, 1.807) is 33.3 Å². The number of likely N-dealkylation sites (N-methyl/N-ethyl adjacent to an activating group) is 2. The number of nitrogens with zero attached hydrogens (tertiary/aromatic N) is 1. The van der Waals surface area contributed by atoms with Crippen molar-refractivity contribution in [3.63, 3.8) is 0 Å². The number of hydrogen-bond donors (Lipinski definition) is 6. The topological polar surface area (TPSA) is 196 Å². The summed E-state index contributed by atoms with van der Waals surface area (Å²) < 4.78 is 10.4. The van der Waals surface area contributed by atoms with Crippen LogP contribution in [0.3, 0.4) is 0 Å². The van der Waals surface area contributed by atoms with Gasteiger partial charge in [0.2, 0.25) is 5.78 Å². The third-order valence-electron chi connectivity index (χ3n) is 8.44. The van der Waals surface area contributed by atoms with Crippen LogP contribution >= 0.6 is 0 Å². The number of carbonyl (C=O) groups is 3. The summed E-state index contributed by atoms with van der Waals surface area (Å²) in [6.07, 6.45) is 1.75. The van der Waals surface area contributed by atoms with E-state index < -0.39 is 58.0 Å². The number of methoxy groups -OCH3 is 1. The van der Waals surface area contributed by atoms with Gasteiger partial charge in [-0.3, -0.25) is 19.3 Å². The zero-order valence-corrected chi connectivity index (χ0v) is 24.9. The first kappa shape index (κ1) is 32.0. The van der Waals surface area contributed by atoms with Crippen LogP contribution in [-0.4, -0.2) is 95.3 Å². The highest BCUT2D eigenvalue weighted by atomic mass is 16.5. The Balaban J connectivity index is 0.000000541. The number of rotatable bonds is 7. The van der Waals surface area contributed by atoms with E-state index in [2.05, 4.69) is 12.2 Å². The summed E-state index contributed by atoms with van der Waals surface area (Å²) in [7, 11) is 4.82. The lowest BCUT2D eigenvalue weighted by Gasteiger charge is -2.50. The molecule has 0 saturated heterocycles. The van der Waals surface area contributed by atoms with Gasteiger partial charge in [0.1, 0.15) is 28.6 Å². The number of aliphatic hydroxyl groups is 3. The molecular weight excluding hydrogens is 558 g/mol. The number of nitrogens with one attached hydrogen (secondary N) is 1. The van der Waals surface area contributed by atoms with Crippen LogP contribution in [0.4, 0.5) is 0 Å². The first-order valence-corrected chi connectivity index (χ1v) is 14.1. The van der Waals surface area contributed by atoms with E-state index in [4.69, 9.17) is 14.9 Å². The van der Waals surface area contributed by atoms with Crippen molar-refractivity contribution >= 4 is 23.2 Å². The molecule has 12 nitrogen and oxygen atoms in total. The zero-order chi connectivity index (χ0) is 31.8. The number of aliphatic hydroxyl groups excluding tert-OH is 2. The van der Waals surface area contributed by atoms with E-state index >= 15 is 0 Å². The number of phenolic OH excluding ortho intramolecular Hbond substituents is 1. The number of ketones is 2. The molecule has 0 aliphatic heterocycles. The Labute approximate surface area is 249 Å². The smallest absolute Gasteiger partial charge is 0.255 e. The number of primary amides is 1. The fourth-order valence-corrected chi connectivity index (χ4v) is 6.46. The molecule has 232 valence electrons. The highest BCUT2D eigenvalue weighted by Crippen LogP contribution is 2.53. The van der Waals surface area contributed by atoms with Crippen LogP contribution in [0.15, 0.2) is 45.8 Å². The van der Waals surface area contributed by atoms with Gasteiger partial charge < -0.3 is 40.6 Å². The van der Waals surface area contributed by atoms with Gasteiger partial charge in [0, 0.05) is 30.7 Å². The number of fused-ring (bicyclic) bond motifs is 3. The molecule has 2 aromatic rings. The summed E-state index contributed by atoms with van der Waals surface area (Å²) in [5, 5.41) is 47.5. The van der Waals surface area contributed by atoms with E-state index in [0.29, 0.717) is 16.9 Å². The second kappa shape index (κ2) is 12.3. The van der Waals surface area contributed by atoms with Gasteiger partial charge in [-0.25, -0.2) is 0 Å². The average molecular weight is 598 g/mol. The maximum atomic E-state index is 13.8. The predicted octanol–water partition coefficient (Wildman–Crippen LogP) is 1.77. The van der Waals surface area contributed by atoms with Gasteiger partial charge in [-0.1, -0.05) is 6.92 Å². The second-order valence-electron chi connectivity index (χ2n) is 11.2. The van der Waals surface area contributed by atoms with E-state index in [9.17, 15) is 34.8 Å². The fourth-order valence-electron chi connectivity index (χ4n) is 6.46. The van der Waals surface area contributed by atoms with Gasteiger partial charge >= 0.3 is 0 Å². The molecule has 1 aromatic carbocycles. The normalized spacial score (nSPS) is 24.8. The van der Waals surface area contributed by atoms with Crippen molar-refractivity contribution in [3.8, 4) is 17.1 Å². The minimum Gasteiger partial charge on any atom is -0.508 e. The summed E-state index contributed by atoms with van der Waals surface area (Å²) in [6, 6.07) is 3.70. The number of ether oxygens (including phenoxy) is 1. The Hall–Kier alpha value is -3.97. The van der Waals surface area contributed by atoms with Crippen LogP contribution in [0.5, 0.6) is 5.75 Å². The van der Waals surface area contributed by atoms with Crippen molar-refractivity contribution < 1.29 is 44.0 Å². The molecule has 4 atom stereocenters. The Bertz CT molecular complexity index is 1500. The van der Waals surface area contributed by atoms with Crippen molar-refractivity contribution in [1.82, 2.24) is 10.2 Å². The lowest BCUT2D eigenvalue weighted by Crippen LogP contribution is -2.65. The van der Waals surface area contributed by atoms with Crippen LogP contribution in [0.1, 0.15) is 30.0 Å². The van der Waals surface area contributed by atoms with Crippen LogP contribution in [0.25, 0.3) is 17.1 Å². The minimum atomic E-state index is -2.66. The molecule has 3 aliphatic rings. The zero-order valence-electron chi connectivity index (χ0n) is 24.9. The number of hydrogen-bond acceptors (Lipinski definition) is 11. The number of aromatic hydroxyl groups is 1. The summed E-state index contributed by atoms with van der Waals surface area (Å²) in [5.41, 5.74) is 3.70. The van der Waals surface area contributed by atoms with E-state index in [0.717, 1.165) is 25.3 Å². The SMILES string of the molecule is CCNCCOC.Cc1ccoc1-c1ccc(O)c2c1C[C@H]1C[C@H]3[C@H](N(C)C)C(=O)C(C(N)=O)=C(O)[C@@]3(O)C(=O)C1=C2O. The van der Waals surface area contributed by atoms with Crippen molar-refractivity contribution in [1.29, 1.82) is 0 Å². The lowest BCUT2D eigenvalue weighted by atomic mass is 9.57. The average Bonchev–Trinajstić information content (AvgIpc) is 3.36. The number of benzene rings is 1. The van der Waals surface area contributed by atoms with Gasteiger partial charge in [-0.05, 0) is 75.6 Å². The molecule has 1 fully saturated rings. The Morgan fingerprint density at radius 2 is 1.91 bits per heavy atom. The van der Waals surface area contributed by atoms with Crippen molar-refractivity contribution in [3.05, 3.63) is 58.1 Å². The molecule has 12 heteroatoms. The minimum absolute atomic E-state index is 0.0258. The fraction of sp³-hybridized carbons (Fsp3) is 0.452. The number of phenols is 1. The van der Waals surface area contributed by atoms with Crippen LogP contribution in [0.2, 0.25) is 0 Å². The van der Waals surface area contributed by atoms with Crippen LogP contribution in [-0.2, 0) is 25.5 Å². The molecule has 1 aromatic heterocycles. The number of furan rings is 1. The summed E-state index contributed by atoms with van der Waals surface area (Å²) in [4.78, 5) is 40.5. The quantitative estimate of drug-likeness (QED) is 0.201. The maximum Gasteiger partial charge on any atom is 0.255 e. The number of nitrogens with two attached hydrogens (primary N) is 1. The van der Waals surface area contributed by atoms with Crippen LogP contribution < -0.4 is 11.1 Å². The van der Waals surface area contributed by atoms with Gasteiger partial charge in [0.15, 0.2) is 11.4 Å². The van der Waals surface area contributed by atoms with Gasteiger partial charge in [0.05, 0.1) is 24.5 Å². The van der Waals surface area contributed by atoms with E-state index in [1.807, 2.05) is 6.92 Å². The molecule has 43 heavy (non-hydrogen) atoms. The molecule has 0 bridgehead atoms. The Morgan fingerprint density at radius 1 is 1.21 bits per heavy atom. The first-order chi connectivity index (χ1) is 20.3. The third-order valence-corrected chi connectivity index (χ3v) is 8.44. The molecular formula is C31H39N3O9. The van der Waals surface area contributed by atoms with Crippen molar-refractivity contribution in [2.24, 2.45) is 17.6 Å². The number of carbonyl (C=O) groups excluding carboxylic acids is 3. The molecule has 3 aliphatic carbocycles. The molecule has 0 radical (unpaired) electrons. The summed E-state index contributed by atoms with van der Waals surface area (Å²) in [6.45, 7) is 6.74. The Kier molecular flexibility index (Phi) is 9.16. The molecule has 7 N–H and O–H groups in total. The number of amides is 1. The van der Waals surface area contributed by atoms with E-state index in [1.165, 1.54) is 17.2 Å². The molecule has 0 unspecified atom stereocenters.